The van der Waals surface area contributed by atoms with Gasteiger partial charge in [-0.15, -0.1) is 0 Å². The Morgan fingerprint density at radius 1 is 1.50 bits per heavy atom. The number of imidazole rings is 1. The van der Waals surface area contributed by atoms with Gasteiger partial charge in [0.05, 0.1) is 13.0 Å². The van der Waals surface area contributed by atoms with Crippen molar-refractivity contribution in [2.24, 2.45) is 0 Å². The minimum Gasteiger partial charge on any atom is -0.493 e. The van der Waals surface area contributed by atoms with Crippen molar-refractivity contribution in [2.75, 3.05) is 11.9 Å². The molecule has 0 radical (unpaired) electrons. The Bertz CT molecular complexity index is 514. The van der Waals surface area contributed by atoms with Crippen LogP contribution in [-0.2, 0) is 4.79 Å². The van der Waals surface area contributed by atoms with E-state index >= 15 is 0 Å². The van der Waals surface area contributed by atoms with Gasteiger partial charge in [-0.1, -0.05) is 17.7 Å². The number of benzene rings is 1. The molecule has 2 N–H and O–H groups in total. The molecule has 0 saturated carbocycles. The summed E-state index contributed by atoms with van der Waals surface area (Å²) in [4.78, 5) is 18.2. The van der Waals surface area contributed by atoms with Crippen LogP contribution >= 0.6 is 11.6 Å². The van der Waals surface area contributed by atoms with E-state index in [0.29, 0.717) is 16.7 Å². The van der Waals surface area contributed by atoms with E-state index in [4.69, 9.17) is 16.3 Å². The van der Waals surface area contributed by atoms with E-state index < -0.39 is 0 Å². The molecule has 2 rings (SSSR count). The number of nitrogens with zero attached hydrogens (tertiary/aromatic N) is 1. The van der Waals surface area contributed by atoms with Crippen molar-refractivity contribution in [3.05, 3.63) is 41.7 Å². The molecular weight excluding hydrogens is 254 g/mol. The largest absolute Gasteiger partial charge is 0.493 e. The molecular formula is C12H12ClN3O2. The first-order valence-corrected chi connectivity index (χ1v) is 5.79. The van der Waals surface area contributed by atoms with E-state index in [-0.39, 0.29) is 18.9 Å². The monoisotopic (exact) mass is 265 g/mol. The smallest absolute Gasteiger partial charge is 0.230 e. The maximum Gasteiger partial charge on any atom is 0.230 e. The van der Waals surface area contributed by atoms with E-state index in [1.54, 1.807) is 36.7 Å². The minimum atomic E-state index is -0.160. The van der Waals surface area contributed by atoms with Gasteiger partial charge in [0.25, 0.3) is 0 Å². The molecule has 5 nitrogen and oxygen atoms in total. The Morgan fingerprint density at radius 2 is 2.39 bits per heavy atom. The van der Waals surface area contributed by atoms with Gasteiger partial charge in [0.1, 0.15) is 5.75 Å². The number of carbonyl (C=O) groups excluding carboxylic acids is 1. The molecule has 0 aliphatic heterocycles. The van der Waals surface area contributed by atoms with Gasteiger partial charge in [-0.3, -0.25) is 10.1 Å². The average molecular weight is 266 g/mol. The Hall–Kier alpha value is -2.01. The van der Waals surface area contributed by atoms with E-state index in [1.807, 2.05) is 0 Å². The number of aromatic nitrogens is 2. The number of anilines is 1. The molecule has 94 valence electrons. The summed E-state index contributed by atoms with van der Waals surface area (Å²) in [5.41, 5.74) is 0. The molecule has 0 unspecified atom stereocenters. The molecule has 0 spiro atoms. The predicted octanol–water partition coefficient (Wildman–Crippen LogP) is 2.47. The highest BCUT2D eigenvalue weighted by Gasteiger charge is 2.04. The molecule has 18 heavy (non-hydrogen) atoms. The third kappa shape index (κ3) is 3.78. The van der Waals surface area contributed by atoms with Gasteiger partial charge in [0.2, 0.25) is 11.9 Å². The molecule has 0 saturated heterocycles. The van der Waals surface area contributed by atoms with Gasteiger partial charge in [-0.25, -0.2) is 4.98 Å². The summed E-state index contributed by atoms with van der Waals surface area (Å²) in [6.45, 7) is 0.285. The number of hydrogen-bond donors (Lipinski definition) is 2. The molecule has 0 atom stereocenters. The molecule has 0 bridgehead atoms. The summed E-state index contributed by atoms with van der Waals surface area (Å²) >= 11 is 5.81. The van der Waals surface area contributed by atoms with E-state index in [0.717, 1.165) is 0 Å². The van der Waals surface area contributed by atoms with E-state index in [1.165, 1.54) is 0 Å². The maximum absolute atomic E-state index is 11.5. The summed E-state index contributed by atoms with van der Waals surface area (Å²) in [6, 6.07) is 7.04. The number of nitrogens with one attached hydrogen (secondary N) is 2. The predicted molar refractivity (Wildman–Crippen MR) is 68.8 cm³/mol. The number of halogens is 1. The van der Waals surface area contributed by atoms with Crippen molar-refractivity contribution in [1.82, 2.24) is 9.97 Å². The first kappa shape index (κ1) is 12.4. The van der Waals surface area contributed by atoms with Gasteiger partial charge in [-0.05, 0) is 18.2 Å². The van der Waals surface area contributed by atoms with Crippen LogP contribution in [0.2, 0.25) is 5.02 Å². The third-order valence-corrected chi connectivity index (χ3v) is 2.39. The van der Waals surface area contributed by atoms with Gasteiger partial charge in [-0.2, -0.15) is 0 Å². The molecule has 6 heteroatoms. The minimum absolute atomic E-state index is 0.160. The first-order chi connectivity index (χ1) is 8.74. The second-order valence-corrected chi connectivity index (χ2v) is 3.98. The van der Waals surface area contributed by atoms with Crippen molar-refractivity contribution < 1.29 is 9.53 Å². The van der Waals surface area contributed by atoms with Gasteiger partial charge in [0, 0.05) is 17.4 Å². The number of amides is 1. The molecule has 0 aliphatic carbocycles. The van der Waals surface area contributed by atoms with Crippen LogP contribution in [0.1, 0.15) is 6.42 Å². The Labute approximate surface area is 109 Å². The van der Waals surface area contributed by atoms with Gasteiger partial charge in [0.15, 0.2) is 0 Å². The van der Waals surface area contributed by atoms with Crippen molar-refractivity contribution in [1.29, 1.82) is 0 Å². The highest BCUT2D eigenvalue weighted by Crippen LogP contribution is 2.17. The average Bonchev–Trinajstić information content (AvgIpc) is 2.82. The molecule has 0 aliphatic rings. The highest BCUT2D eigenvalue weighted by molar-refractivity contribution is 6.30. The standard InChI is InChI=1S/C12H12ClN3O2/c13-9-2-1-3-10(8-9)18-7-4-11(17)16-12-14-5-6-15-12/h1-3,5-6,8H,4,7H2,(H2,14,15,16,17). The topological polar surface area (TPSA) is 67.0 Å². The van der Waals surface area contributed by atoms with Crippen LogP contribution in [0.5, 0.6) is 5.75 Å². The number of aromatic amines is 1. The zero-order valence-electron chi connectivity index (χ0n) is 9.52. The highest BCUT2D eigenvalue weighted by atomic mass is 35.5. The lowest BCUT2D eigenvalue weighted by Gasteiger charge is -2.06. The lowest BCUT2D eigenvalue weighted by atomic mass is 10.3. The van der Waals surface area contributed by atoms with Gasteiger partial charge >= 0.3 is 0 Å². The molecule has 2 aromatic rings. The number of rotatable bonds is 5. The van der Waals surface area contributed by atoms with E-state index in [2.05, 4.69) is 15.3 Å². The summed E-state index contributed by atoms with van der Waals surface area (Å²) in [5.74, 6) is 0.919. The summed E-state index contributed by atoms with van der Waals surface area (Å²) < 4.78 is 5.40. The molecule has 1 heterocycles. The quantitative estimate of drug-likeness (QED) is 0.873. The summed E-state index contributed by atoms with van der Waals surface area (Å²) in [7, 11) is 0. The van der Waals surface area contributed by atoms with Crippen LogP contribution in [0.3, 0.4) is 0 Å². The number of ether oxygens (including phenoxy) is 1. The van der Waals surface area contributed by atoms with Crippen molar-refractivity contribution in [2.45, 2.75) is 6.42 Å². The number of H-pyrrole nitrogens is 1. The second-order valence-electron chi connectivity index (χ2n) is 3.54. The summed E-state index contributed by atoms with van der Waals surface area (Å²) in [5, 5.41) is 3.21. The van der Waals surface area contributed by atoms with Crippen LogP contribution in [0.4, 0.5) is 5.95 Å². The van der Waals surface area contributed by atoms with Crippen LogP contribution in [0.15, 0.2) is 36.7 Å². The SMILES string of the molecule is O=C(CCOc1cccc(Cl)c1)Nc1ncc[nH]1. The summed E-state index contributed by atoms with van der Waals surface area (Å²) in [6.07, 6.45) is 3.45. The van der Waals surface area contributed by atoms with Crippen LogP contribution in [0, 0.1) is 0 Å². The molecule has 1 amide bonds. The fourth-order valence-corrected chi connectivity index (χ4v) is 1.53. The van der Waals surface area contributed by atoms with Crippen LogP contribution < -0.4 is 10.1 Å². The Morgan fingerprint density at radius 3 is 3.11 bits per heavy atom. The molecule has 0 fully saturated rings. The Balaban J connectivity index is 1.73. The second kappa shape index (κ2) is 6.07. The normalized spacial score (nSPS) is 10.1. The van der Waals surface area contributed by atoms with Crippen LogP contribution in [0.25, 0.3) is 0 Å². The van der Waals surface area contributed by atoms with Crippen molar-refractivity contribution in [3.63, 3.8) is 0 Å². The number of carbonyl (C=O) groups is 1. The zero-order valence-corrected chi connectivity index (χ0v) is 10.3. The molecule has 1 aromatic heterocycles. The fourth-order valence-electron chi connectivity index (χ4n) is 1.35. The van der Waals surface area contributed by atoms with Crippen LogP contribution in [-0.4, -0.2) is 22.5 Å². The first-order valence-electron chi connectivity index (χ1n) is 5.41. The lowest BCUT2D eigenvalue weighted by molar-refractivity contribution is -0.116. The number of hydrogen-bond acceptors (Lipinski definition) is 3. The third-order valence-electron chi connectivity index (χ3n) is 2.15. The Kier molecular flexibility index (Phi) is 4.20. The zero-order chi connectivity index (χ0) is 12.8. The van der Waals surface area contributed by atoms with Crippen molar-refractivity contribution >= 4 is 23.5 Å². The lowest BCUT2D eigenvalue weighted by Crippen LogP contribution is -2.15. The fraction of sp³-hybridized carbons (Fsp3) is 0.167. The van der Waals surface area contributed by atoms with Gasteiger partial charge < -0.3 is 9.72 Å². The maximum atomic E-state index is 11.5. The van der Waals surface area contributed by atoms with Crippen molar-refractivity contribution in [3.8, 4) is 5.75 Å². The molecule has 1 aromatic carbocycles. The van der Waals surface area contributed by atoms with E-state index in [9.17, 15) is 4.79 Å².